The number of amides is 1. The minimum Gasteiger partial charge on any atom is -0.382 e. The monoisotopic (exact) mass is 282 g/mol. The Morgan fingerprint density at radius 3 is 2.74 bits per heavy atom. The molecule has 0 spiro atoms. The first-order chi connectivity index (χ1) is 9.08. The van der Waals surface area contributed by atoms with Crippen molar-refractivity contribution in [3.8, 4) is 0 Å². The van der Waals surface area contributed by atoms with Crippen LogP contribution in [0.25, 0.3) is 0 Å². The van der Waals surface area contributed by atoms with Gasteiger partial charge >= 0.3 is 0 Å². The predicted octanol–water partition coefficient (Wildman–Crippen LogP) is 2.20. The van der Waals surface area contributed by atoms with E-state index >= 15 is 0 Å². The van der Waals surface area contributed by atoms with E-state index in [1.807, 2.05) is 4.90 Å². The summed E-state index contributed by atoms with van der Waals surface area (Å²) in [6.07, 6.45) is 2.15. The van der Waals surface area contributed by atoms with Crippen LogP contribution in [-0.4, -0.2) is 41.5 Å². The van der Waals surface area contributed by atoms with E-state index in [1.54, 1.807) is 0 Å². The summed E-state index contributed by atoms with van der Waals surface area (Å²) in [6.45, 7) is 8.82. The van der Waals surface area contributed by atoms with Crippen molar-refractivity contribution in [3.05, 3.63) is 4.88 Å². The van der Waals surface area contributed by atoms with Gasteiger partial charge in [0.2, 0.25) is 0 Å². The van der Waals surface area contributed by atoms with Gasteiger partial charge in [0.15, 0.2) is 5.13 Å². The highest BCUT2D eigenvalue weighted by Gasteiger charge is 2.29. The third-order valence-electron chi connectivity index (χ3n) is 3.68. The predicted molar refractivity (Wildman–Crippen MR) is 79.8 cm³/mol. The van der Waals surface area contributed by atoms with Gasteiger partial charge in [0.1, 0.15) is 10.7 Å². The summed E-state index contributed by atoms with van der Waals surface area (Å²) in [7, 11) is 0. The summed E-state index contributed by atoms with van der Waals surface area (Å²) in [5.74, 6) is 0.411. The number of likely N-dealkylation sites (tertiary alicyclic amines) is 1. The fourth-order valence-electron chi connectivity index (χ4n) is 2.47. The molecule has 0 aromatic carbocycles. The summed E-state index contributed by atoms with van der Waals surface area (Å²) < 4.78 is 0. The SMILES string of the molecule is CCN(CC)c1nc(N)c(C(=O)N2CCCC2C)s1. The molecule has 1 atom stereocenters. The Bertz CT molecular complexity index is 455. The minimum atomic E-state index is 0.0402. The van der Waals surface area contributed by atoms with Gasteiger partial charge in [0.25, 0.3) is 5.91 Å². The van der Waals surface area contributed by atoms with Crippen LogP contribution >= 0.6 is 11.3 Å². The van der Waals surface area contributed by atoms with Gasteiger partial charge in [-0.15, -0.1) is 0 Å². The summed E-state index contributed by atoms with van der Waals surface area (Å²) in [5.41, 5.74) is 5.93. The van der Waals surface area contributed by atoms with Gasteiger partial charge in [-0.1, -0.05) is 11.3 Å². The lowest BCUT2D eigenvalue weighted by atomic mass is 10.2. The van der Waals surface area contributed by atoms with Crippen molar-refractivity contribution in [2.45, 2.75) is 39.7 Å². The third kappa shape index (κ3) is 2.68. The van der Waals surface area contributed by atoms with Gasteiger partial charge in [0.05, 0.1) is 0 Å². The molecule has 1 unspecified atom stereocenters. The zero-order chi connectivity index (χ0) is 14.0. The summed E-state index contributed by atoms with van der Waals surface area (Å²) in [5, 5.41) is 0.845. The van der Waals surface area contributed by atoms with Crippen molar-refractivity contribution in [2.24, 2.45) is 0 Å². The third-order valence-corrected chi connectivity index (χ3v) is 4.80. The first-order valence-electron chi connectivity index (χ1n) is 6.90. The maximum Gasteiger partial charge on any atom is 0.268 e. The van der Waals surface area contributed by atoms with Crippen molar-refractivity contribution in [2.75, 3.05) is 30.3 Å². The summed E-state index contributed by atoms with van der Waals surface area (Å²) >= 11 is 1.41. The lowest BCUT2D eigenvalue weighted by Crippen LogP contribution is -2.33. The van der Waals surface area contributed by atoms with Gasteiger partial charge in [-0.2, -0.15) is 0 Å². The molecule has 6 heteroatoms. The zero-order valence-electron chi connectivity index (χ0n) is 11.8. The molecule has 2 rings (SSSR count). The van der Waals surface area contributed by atoms with Crippen molar-refractivity contribution in [1.82, 2.24) is 9.88 Å². The molecule has 2 heterocycles. The number of nitrogens with zero attached hydrogens (tertiary/aromatic N) is 3. The molecule has 1 aromatic rings. The van der Waals surface area contributed by atoms with Crippen LogP contribution in [0.1, 0.15) is 43.3 Å². The van der Waals surface area contributed by atoms with Crippen LogP contribution in [0.5, 0.6) is 0 Å². The van der Waals surface area contributed by atoms with Crippen molar-refractivity contribution in [1.29, 1.82) is 0 Å². The Morgan fingerprint density at radius 1 is 1.53 bits per heavy atom. The van der Waals surface area contributed by atoms with Gasteiger partial charge in [-0.25, -0.2) is 4.98 Å². The normalized spacial score (nSPS) is 18.9. The van der Waals surface area contributed by atoms with Gasteiger partial charge in [-0.05, 0) is 33.6 Å². The molecule has 0 aliphatic carbocycles. The Kier molecular flexibility index (Phi) is 4.29. The van der Waals surface area contributed by atoms with E-state index < -0.39 is 0 Å². The molecular weight excluding hydrogens is 260 g/mol. The number of nitrogen functional groups attached to an aromatic ring is 1. The largest absolute Gasteiger partial charge is 0.382 e. The van der Waals surface area contributed by atoms with E-state index in [4.69, 9.17) is 5.73 Å². The number of nitrogens with two attached hydrogens (primary N) is 1. The van der Waals surface area contributed by atoms with Crippen LogP contribution in [0.3, 0.4) is 0 Å². The molecule has 106 valence electrons. The average Bonchev–Trinajstić information content (AvgIpc) is 2.97. The molecule has 0 bridgehead atoms. The van der Waals surface area contributed by atoms with Crippen LogP contribution in [0.15, 0.2) is 0 Å². The first-order valence-corrected chi connectivity index (χ1v) is 7.72. The maximum absolute atomic E-state index is 12.5. The smallest absolute Gasteiger partial charge is 0.268 e. The van der Waals surface area contributed by atoms with Crippen LogP contribution in [0.4, 0.5) is 10.9 Å². The van der Waals surface area contributed by atoms with Crippen molar-refractivity contribution in [3.63, 3.8) is 0 Å². The molecule has 0 radical (unpaired) electrons. The fourth-order valence-corrected chi connectivity index (χ4v) is 3.54. The second-order valence-electron chi connectivity index (χ2n) is 4.87. The van der Waals surface area contributed by atoms with Crippen molar-refractivity contribution < 1.29 is 4.79 Å². The number of carbonyl (C=O) groups is 1. The zero-order valence-corrected chi connectivity index (χ0v) is 12.7. The number of thiazole rings is 1. The Hall–Kier alpha value is -1.30. The molecular formula is C13H22N4OS. The van der Waals surface area contributed by atoms with Crippen LogP contribution in [0, 0.1) is 0 Å². The highest BCUT2D eigenvalue weighted by atomic mass is 32.1. The van der Waals surface area contributed by atoms with Crippen LogP contribution < -0.4 is 10.6 Å². The molecule has 1 aliphatic heterocycles. The lowest BCUT2D eigenvalue weighted by molar-refractivity contribution is 0.0753. The number of hydrogen-bond donors (Lipinski definition) is 1. The van der Waals surface area contributed by atoms with Gasteiger partial charge in [0, 0.05) is 25.7 Å². The minimum absolute atomic E-state index is 0.0402. The Morgan fingerprint density at radius 2 is 2.21 bits per heavy atom. The topological polar surface area (TPSA) is 62.5 Å². The van der Waals surface area contributed by atoms with E-state index in [1.165, 1.54) is 11.3 Å². The maximum atomic E-state index is 12.5. The first kappa shape index (κ1) is 14.1. The van der Waals surface area contributed by atoms with E-state index in [9.17, 15) is 4.79 Å². The standard InChI is InChI=1S/C13H22N4OS/c1-4-16(5-2)13-15-11(14)10(19-13)12(18)17-8-6-7-9(17)3/h9H,4-8,14H2,1-3H3. The Balaban J connectivity index is 2.23. The number of aromatic nitrogens is 1. The summed E-state index contributed by atoms with van der Waals surface area (Å²) in [4.78, 5) is 21.5. The lowest BCUT2D eigenvalue weighted by Gasteiger charge is -2.20. The molecule has 2 N–H and O–H groups in total. The number of anilines is 2. The van der Waals surface area contributed by atoms with E-state index in [-0.39, 0.29) is 5.91 Å². The quantitative estimate of drug-likeness (QED) is 0.919. The van der Waals surface area contributed by atoms with Gasteiger partial charge < -0.3 is 15.5 Å². The number of hydrogen-bond acceptors (Lipinski definition) is 5. The van der Waals surface area contributed by atoms with E-state index in [0.717, 1.165) is 37.6 Å². The molecule has 1 aliphatic rings. The molecule has 1 aromatic heterocycles. The highest BCUT2D eigenvalue weighted by molar-refractivity contribution is 7.18. The second-order valence-corrected chi connectivity index (χ2v) is 5.85. The number of rotatable bonds is 4. The molecule has 19 heavy (non-hydrogen) atoms. The van der Waals surface area contributed by atoms with E-state index in [0.29, 0.717) is 16.7 Å². The number of carbonyl (C=O) groups excluding carboxylic acids is 1. The van der Waals surface area contributed by atoms with Gasteiger partial charge in [-0.3, -0.25) is 4.79 Å². The van der Waals surface area contributed by atoms with Crippen LogP contribution in [0.2, 0.25) is 0 Å². The van der Waals surface area contributed by atoms with Crippen LogP contribution in [-0.2, 0) is 0 Å². The molecule has 1 saturated heterocycles. The Labute approximate surface area is 118 Å². The second kappa shape index (κ2) is 5.77. The molecule has 1 fully saturated rings. The molecule has 0 saturated carbocycles. The fraction of sp³-hybridized carbons (Fsp3) is 0.692. The average molecular weight is 282 g/mol. The van der Waals surface area contributed by atoms with E-state index in [2.05, 4.69) is 30.7 Å². The summed E-state index contributed by atoms with van der Waals surface area (Å²) in [6, 6.07) is 0.311. The molecule has 5 nitrogen and oxygen atoms in total. The van der Waals surface area contributed by atoms with Crippen molar-refractivity contribution >= 4 is 28.2 Å². The molecule has 1 amide bonds. The highest BCUT2D eigenvalue weighted by Crippen LogP contribution is 2.31.